The second-order valence-electron chi connectivity index (χ2n) is 6.53. The molecule has 0 aliphatic heterocycles. The zero-order chi connectivity index (χ0) is 19.2. The summed E-state index contributed by atoms with van der Waals surface area (Å²) in [7, 11) is 1.64. The Kier molecular flexibility index (Phi) is 6.40. The van der Waals surface area contributed by atoms with Crippen LogP contribution in [0.5, 0.6) is 5.75 Å². The number of imidazole rings is 1. The van der Waals surface area contributed by atoms with Crippen LogP contribution >= 0.6 is 11.8 Å². The summed E-state index contributed by atoms with van der Waals surface area (Å²) in [5.74, 6) is 2.26. The topological polar surface area (TPSA) is 67.0 Å². The van der Waals surface area contributed by atoms with Gasteiger partial charge in [0.05, 0.1) is 29.9 Å². The number of amides is 1. The van der Waals surface area contributed by atoms with Gasteiger partial charge in [0.15, 0.2) is 0 Å². The third kappa shape index (κ3) is 4.83. The molecule has 0 radical (unpaired) electrons. The number of thioether (sulfide) groups is 1. The number of benzene rings is 2. The lowest BCUT2D eigenvalue weighted by Crippen LogP contribution is -2.34. The van der Waals surface area contributed by atoms with Gasteiger partial charge < -0.3 is 15.0 Å². The molecule has 0 aliphatic rings. The molecular formula is C21H25N3O2S. The van der Waals surface area contributed by atoms with Crippen LogP contribution in [0.1, 0.15) is 32.1 Å². The number of methoxy groups -OCH3 is 1. The van der Waals surface area contributed by atoms with Gasteiger partial charge in [0.25, 0.3) is 0 Å². The Bertz CT molecular complexity index is 859. The van der Waals surface area contributed by atoms with Crippen molar-refractivity contribution in [2.24, 2.45) is 5.92 Å². The van der Waals surface area contributed by atoms with E-state index in [0.29, 0.717) is 5.75 Å². The number of carbonyl (C=O) groups is 1. The molecule has 1 amide bonds. The smallest absolute Gasteiger partial charge is 0.230 e. The van der Waals surface area contributed by atoms with Crippen LogP contribution in [0.3, 0.4) is 0 Å². The Hall–Kier alpha value is -2.47. The van der Waals surface area contributed by atoms with Gasteiger partial charge in [-0.15, -0.1) is 11.8 Å². The van der Waals surface area contributed by atoms with Crippen LogP contribution in [0, 0.1) is 5.92 Å². The number of carbonyl (C=O) groups excluding carboxylic acids is 1. The number of nitrogens with one attached hydrogen (secondary N) is 2. The van der Waals surface area contributed by atoms with Crippen molar-refractivity contribution in [2.45, 2.75) is 31.2 Å². The molecule has 0 fully saturated rings. The van der Waals surface area contributed by atoms with Crippen molar-refractivity contribution in [1.82, 2.24) is 15.3 Å². The molecule has 3 rings (SSSR count). The second-order valence-corrected chi connectivity index (χ2v) is 7.58. The van der Waals surface area contributed by atoms with E-state index in [2.05, 4.69) is 29.1 Å². The third-order valence-electron chi connectivity index (χ3n) is 4.66. The Morgan fingerprint density at radius 1 is 1.22 bits per heavy atom. The largest absolute Gasteiger partial charge is 0.497 e. The predicted molar refractivity (Wildman–Crippen MR) is 110 cm³/mol. The molecule has 6 heteroatoms. The van der Waals surface area contributed by atoms with E-state index >= 15 is 0 Å². The minimum atomic E-state index is -0.133. The first-order valence-electron chi connectivity index (χ1n) is 9.11. The molecule has 27 heavy (non-hydrogen) atoms. The number of fused-ring (bicyclic) bond motifs is 1. The highest BCUT2D eigenvalue weighted by atomic mass is 32.2. The third-order valence-corrected chi connectivity index (χ3v) is 5.67. The molecule has 142 valence electrons. The lowest BCUT2D eigenvalue weighted by atomic mass is 9.98. The van der Waals surface area contributed by atoms with Crippen LogP contribution in [0.4, 0.5) is 0 Å². The molecule has 5 nitrogen and oxygen atoms in total. The molecule has 3 aromatic rings. The van der Waals surface area contributed by atoms with Crippen LogP contribution in [0.2, 0.25) is 0 Å². The molecule has 0 bridgehead atoms. The molecule has 2 atom stereocenters. The Balaban J connectivity index is 1.67. The van der Waals surface area contributed by atoms with Gasteiger partial charge in [-0.25, -0.2) is 4.98 Å². The van der Waals surface area contributed by atoms with E-state index in [1.54, 1.807) is 7.11 Å². The lowest BCUT2D eigenvalue weighted by molar-refractivity contribution is -0.119. The number of hydrogen-bond donors (Lipinski definition) is 2. The molecule has 2 N–H and O–H groups in total. The van der Waals surface area contributed by atoms with E-state index < -0.39 is 0 Å². The summed E-state index contributed by atoms with van der Waals surface area (Å²) in [6.45, 7) is 4.26. The zero-order valence-electron chi connectivity index (χ0n) is 15.9. The number of hydrogen-bond acceptors (Lipinski definition) is 4. The molecule has 2 unspecified atom stereocenters. The number of para-hydroxylation sites is 2. The van der Waals surface area contributed by atoms with Crippen molar-refractivity contribution in [3.8, 4) is 5.75 Å². The quantitative estimate of drug-likeness (QED) is 0.559. The lowest BCUT2D eigenvalue weighted by Gasteiger charge is -2.22. The number of H-pyrrole nitrogens is 1. The molecule has 0 spiro atoms. The molecular weight excluding hydrogens is 358 g/mol. The fourth-order valence-electron chi connectivity index (χ4n) is 2.87. The maximum absolute atomic E-state index is 12.6. The van der Waals surface area contributed by atoms with E-state index in [0.717, 1.165) is 33.9 Å². The van der Waals surface area contributed by atoms with Crippen molar-refractivity contribution < 1.29 is 9.53 Å². The Labute approximate surface area is 163 Å². The number of aromatic nitrogens is 2. The van der Waals surface area contributed by atoms with Crippen LogP contribution < -0.4 is 10.1 Å². The normalized spacial score (nSPS) is 13.3. The summed E-state index contributed by atoms with van der Waals surface area (Å²) in [5.41, 5.74) is 1.91. The van der Waals surface area contributed by atoms with Gasteiger partial charge in [-0.2, -0.15) is 0 Å². The molecule has 2 aromatic carbocycles. The van der Waals surface area contributed by atoms with E-state index in [9.17, 15) is 4.79 Å². The summed E-state index contributed by atoms with van der Waals surface area (Å²) in [6, 6.07) is 15.5. The summed E-state index contributed by atoms with van der Waals surface area (Å²) in [4.78, 5) is 21.6. The fraction of sp³-hybridized carbons (Fsp3) is 0.333. The van der Waals surface area contributed by atoms with Crippen molar-refractivity contribution >= 4 is 28.7 Å². The van der Waals surface area contributed by atoms with E-state index in [1.807, 2.05) is 48.5 Å². The van der Waals surface area contributed by atoms with E-state index in [-0.39, 0.29) is 17.9 Å². The van der Waals surface area contributed by atoms with Crippen molar-refractivity contribution in [1.29, 1.82) is 0 Å². The summed E-state index contributed by atoms with van der Waals surface area (Å²) < 4.78 is 5.16. The Morgan fingerprint density at radius 2 is 1.96 bits per heavy atom. The van der Waals surface area contributed by atoms with E-state index in [4.69, 9.17) is 4.74 Å². The van der Waals surface area contributed by atoms with Crippen LogP contribution in [0.25, 0.3) is 11.0 Å². The standard InChI is InChI=1S/C21H25N3O2S/c1-4-14(2)20(21-22-17-7-5-6-8-18(17)23-21)24-19(25)13-27-16-11-9-15(26-3)10-12-16/h5-12,14,20H,4,13H2,1-3H3,(H,22,23)(H,24,25). The zero-order valence-corrected chi connectivity index (χ0v) is 16.7. The first kappa shape index (κ1) is 19.3. The second kappa shape index (κ2) is 8.95. The van der Waals surface area contributed by atoms with Gasteiger partial charge in [-0.3, -0.25) is 4.79 Å². The SMILES string of the molecule is CCC(C)C(NC(=O)CSc1ccc(OC)cc1)c1nc2ccccc2[nH]1. The molecule has 0 saturated carbocycles. The van der Waals surface area contributed by atoms with Gasteiger partial charge in [0.2, 0.25) is 5.91 Å². The van der Waals surface area contributed by atoms with Crippen LogP contribution in [-0.4, -0.2) is 28.7 Å². The Morgan fingerprint density at radius 3 is 2.63 bits per heavy atom. The van der Waals surface area contributed by atoms with Gasteiger partial charge in [0.1, 0.15) is 11.6 Å². The molecule has 0 saturated heterocycles. The molecule has 1 aromatic heterocycles. The monoisotopic (exact) mass is 383 g/mol. The number of ether oxygens (including phenoxy) is 1. The highest BCUT2D eigenvalue weighted by Crippen LogP contribution is 2.26. The number of aromatic amines is 1. The van der Waals surface area contributed by atoms with Gasteiger partial charge in [-0.1, -0.05) is 32.4 Å². The van der Waals surface area contributed by atoms with Crippen LogP contribution in [-0.2, 0) is 4.79 Å². The van der Waals surface area contributed by atoms with Crippen molar-refractivity contribution in [2.75, 3.05) is 12.9 Å². The summed E-state index contributed by atoms with van der Waals surface area (Å²) in [6.07, 6.45) is 0.952. The number of nitrogens with zero attached hydrogens (tertiary/aromatic N) is 1. The predicted octanol–water partition coefficient (Wildman–Crippen LogP) is 4.57. The van der Waals surface area contributed by atoms with Crippen molar-refractivity contribution in [3.63, 3.8) is 0 Å². The van der Waals surface area contributed by atoms with Gasteiger partial charge in [-0.05, 0) is 42.3 Å². The fourth-order valence-corrected chi connectivity index (χ4v) is 3.58. The molecule has 0 aliphatic carbocycles. The van der Waals surface area contributed by atoms with Crippen molar-refractivity contribution in [3.05, 3.63) is 54.4 Å². The summed E-state index contributed by atoms with van der Waals surface area (Å²) in [5, 5.41) is 3.16. The minimum absolute atomic E-state index is 0.00146. The van der Waals surface area contributed by atoms with E-state index in [1.165, 1.54) is 11.8 Å². The number of rotatable bonds is 8. The first-order chi connectivity index (χ1) is 13.1. The average Bonchev–Trinajstić information content (AvgIpc) is 3.14. The summed E-state index contributed by atoms with van der Waals surface area (Å²) >= 11 is 1.51. The first-order valence-corrected chi connectivity index (χ1v) is 10.1. The average molecular weight is 384 g/mol. The van der Waals surface area contributed by atoms with Gasteiger partial charge >= 0.3 is 0 Å². The van der Waals surface area contributed by atoms with Crippen LogP contribution in [0.15, 0.2) is 53.4 Å². The molecule has 1 heterocycles. The highest BCUT2D eigenvalue weighted by Gasteiger charge is 2.23. The minimum Gasteiger partial charge on any atom is -0.497 e. The maximum atomic E-state index is 12.6. The van der Waals surface area contributed by atoms with Gasteiger partial charge in [0, 0.05) is 4.90 Å². The maximum Gasteiger partial charge on any atom is 0.230 e. The highest BCUT2D eigenvalue weighted by molar-refractivity contribution is 8.00.